The van der Waals surface area contributed by atoms with Gasteiger partial charge in [0.15, 0.2) is 0 Å². The molecule has 0 aliphatic rings. The zero-order chi connectivity index (χ0) is 13.8. The maximum atomic E-state index is 11.8. The molecule has 0 saturated carbocycles. The number of carbonyl (C=O) groups excluding carboxylic acids is 1. The van der Waals surface area contributed by atoms with E-state index in [1.807, 2.05) is 25.1 Å². The highest BCUT2D eigenvalue weighted by molar-refractivity contribution is 7.18. The lowest BCUT2D eigenvalue weighted by atomic mass is 10.1. The van der Waals surface area contributed by atoms with Gasteiger partial charge in [0.1, 0.15) is 0 Å². The van der Waals surface area contributed by atoms with E-state index in [0.29, 0.717) is 6.42 Å². The summed E-state index contributed by atoms with van der Waals surface area (Å²) in [4.78, 5) is 16.2. The Bertz CT molecular complexity index is 579. The van der Waals surface area contributed by atoms with E-state index in [0.717, 1.165) is 33.8 Å². The molecule has 1 atom stereocenters. The average molecular weight is 277 g/mol. The predicted octanol–water partition coefficient (Wildman–Crippen LogP) is 3.06. The first kappa shape index (κ1) is 14.0. The zero-order valence-electron chi connectivity index (χ0n) is 11.3. The van der Waals surface area contributed by atoms with Gasteiger partial charge in [-0.05, 0) is 31.5 Å². The van der Waals surface area contributed by atoms with Crippen molar-refractivity contribution in [1.82, 2.24) is 4.98 Å². The second-order valence-electron chi connectivity index (χ2n) is 4.72. The van der Waals surface area contributed by atoms with Gasteiger partial charge >= 0.3 is 0 Å². The highest BCUT2D eigenvalue weighted by atomic mass is 32.1. The summed E-state index contributed by atoms with van der Waals surface area (Å²) in [5.41, 5.74) is 7.65. The van der Waals surface area contributed by atoms with Crippen molar-refractivity contribution in [3.05, 3.63) is 23.2 Å². The van der Waals surface area contributed by atoms with Crippen LogP contribution in [0.5, 0.6) is 0 Å². The minimum absolute atomic E-state index is 0.0264. The number of aromatic nitrogens is 1. The van der Waals surface area contributed by atoms with Crippen molar-refractivity contribution in [3.8, 4) is 0 Å². The summed E-state index contributed by atoms with van der Waals surface area (Å²) in [6, 6.07) is 5.72. The first-order chi connectivity index (χ1) is 9.08. The van der Waals surface area contributed by atoms with Gasteiger partial charge < -0.3 is 11.1 Å². The van der Waals surface area contributed by atoms with E-state index >= 15 is 0 Å². The number of nitrogens with zero attached hydrogens (tertiary/aromatic N) is 1. The normalized spacial score (nSPS) is 12.6. The number of carbonyl (C=O) groups is 1. The van der Waals surface area contributed by atoms with Gasteiger partial charge in [0.05, 0.1) is 15.2 Å². The van der Waals surface area contributed by atoms with Crippen molar-refractivity contribution in [2.45, 2.75) is 39.2 Å². The van der Waals surface area contributed by atoms with E-state index in [-0.39, 0.29) is 11.9 Å². The molecule has 4 nitrogen and oxygen atoms in total. The second-order valence-corrected chi connectivity index (χ2v) is 5.95. The molecule has 0 radical (unpaired) electrons. The Hall–Kier alpha value is -1.46. The Morgan fingerprint density at radius 3 is 3.05 bits per heavy atom. The van der Waals surface area contributed by atoms with Crippen molar-refractivity contribution in [3.63, 3.8) is 0 Å². The topological polar surface area (TPSA) is 68.0 Å². The number of nitrogens with two attached hydrogens (primary N) is 1. The molecule has 0 aliphatic heterocycles. The summed E-state index contributed by atoms with van der Waals surface area (Å²) in [5.74, 6) is -0.0264. The van der Waals surface area contributed by atoms with E-state index < -0.39 is 0 Å². The molecule has 1 unspecified atom stereocenters. The van der Waals surface area contributed by atoms with Gasteiger partial charge in [0.25, 0.3) is 0 Å². The van der Waals surface area contributed by atoms with Crippen LogP contribution in [0.2, 0.25) is 0 Å². The smallest absolute Gasteiger partial charge is 0.225 e. The summed E-state index contributed by atoms with van der Waals surface area (Å²) in [7, 11) is 0. The number of benzene rings is 1. The fourth-order valence-corrected chi connectivity index (χ4v) is 2.91. The van der Waals surface area contributed by atoms with Gasteiger partial charge in [-0.25, -0.2) is 4.98 Å². The Labute approximate surface area is 117 Å². The quantitative estimate of drug-likeness (QED) is 0.882. The number of hydrogen-bond acceptors (Lipinski definition) is 4. The van der Waals surface area contributed by atoms with Crippen molar-refractivity contribution in [2.75, 3.05) is 5.32 Å². The van der Waals surface area contributed by atoms with Gasteiger partial charge in [-0.15, -0.1) is 11.3 Å². The summed E-state index contributed by atoms with van der Waals surface area (Å²) >= 11 is 1.63. The maximum absolute atomic E-state index is 11.8. The first-order valence-electron chi connectivity index (χ1n) is 6.51. The highest BCUT2D eigenvalue weighted by Crippen LogP contribution is 2.24. The van der Waals surface area contributed by atoms with Crippen LogP contribution in [0.1, 0.15) is 31.2 Å². The van der Waals surface area contributed by atoms with Gasteiger partial charge in [0, 0.05) is 18.2 Å². The number of rotatable bonds is 5. The minimum Gasteiger partial charge on any atom is -0.327 e. The predicted molar refractivity (Wildman–Crippen MR) is 80.5 cm³/mol. The number of amides is 1. The van der Waals surface area contributed by atoms with E-state index in [4.69, 9.17) is 5.73 Å². The number of hydrogen-bond donors (Lipinski definition) is 2. The molecular formula is C14H19N3OS. The number of nitrogens with one attached hydrogen (secondary N) is 1. The molecule has 0 spiro atoms. The lowest BCUT2D eigenvalue weighted by Crippen LogP contribution is -2.26. The van der Waals surface area contributed by atoms with Gasteiger partial charge in [-0.1, -0.05) is 13.3 Å². The molecule has 0 aliphatic carbocycles. The SMILES string of the molecule is CCCC(N)CC(=O)Nc1ccc2nc(C)sc2c1. The number of anilines is 1. The van der Waals surface area contributed by atoms with E-state index in [1.165, 1.54) is 0 Å². The van der Waals surface area contributed by atoms with Crippen LogP contribution in [0, 0.1) is 6.92 Å². The number of fused-ring (bicyclic) bond motifs is 1. The minimum atomic E-state index is -0.0561. The molecule has 1 heterocycles. The fourth-order valence-electron chi connectivity index (χ4n) is 2.04. The third kappa shape index (κ3) is 3.75. The second kappa shape index (κ2) is 6.12. The van der Waals surface area contributed by atoms with Crippen molar-refractivity contribution < 1.29 is 4.79 Å². The van der Waals surface area contributed by atoms with Gasteiger partial charge in [-0.2, -0.15) is 0 Å². The summed E-state index contributed by atoms with van der Waals surface area (Å²) < 4.78 is 1.09. The molecule has 1 aromatic heterocycles. The standard InChI is InChI=1S/C14H19N3OS/c1-3-4-10(15)7-14(18)17-11-5-6-12-13(8-11)19-9(2)16-12/h5-6,8,10H,3-4,7,15H2,1-2H3,(H,17,18). The summed E-state index contributed by atoms with van der Waals surface area (Å²) in [6.07, 6.45) is 2.24. The lowest BCUT2D eigenvalue weighted by molar-refractivity contribution is -0.116. The molecule has 0 bridgehead atoms. The first-order valence-corrected chi connectivity index (χ1v) is 7.32. The third-order valence-electron chi connectivity index (χ3n) is 2.89. The molecule has 3 N–H and O–H groups in total. The van der Waals surface area contributed by atoms with Crippen LogP contribution in [-0.4, -0.2) is 16.9 Å². The molecular weight excluding hydrogens is 258 g/mol. The average Bonchev–Trinajstić information content (AvgIpc) is 2.68. The molecule has 0 saturated heterocycles. The van der Waals surface area contributed by atoms with E-state index in [9.17, 15) is 4.79 Å². The van der Waals surface area contributed by atoms with Crippen LogP contribution in [0.25, 0.3) is 10.2 Å². The summed E-state index contributed by atoms with van der Waals surface area (Å²) in [5, 5.41) is 3.92. The van der Waals surface area contributed by atoms with Crippen LogP contribution in [0.15, 0.2) is 18.2 Å². The van der Waals surface area contributed by atoms with Crippen LogP contribution >= 0.6 is 11.3 Å². The van der Waals surface area contributed by atoms with Crippen molar-refractivity contribution in [2.24, 2.45) is 5.73 Å². The monoisotopic (exact) mass is 277 g/mol. The van der Waals surface area contributed by atoms with Crippen LogP contribution in [-0.2, 0) is 4.79 Å². The van der Waals surface area contributed by atoms with Crippen LogP contribution in [0.3, 0.4) is 0 Å². The Morgan fingerprint density at radius 2 is 2.32 bits per heavy atom. The largest absolute Gasteiger partial charge is 0.327 e. The Morgan fingerprint density at radius 1 is 1.53 bits per heavy atom. The highest BCUT2D eigenvalue weighted by Gasteiger charge is 2.09. The third-order valence-corrected chi connectivity index (χ3v) is 3.82. The molecule has 2 aromatic rings. The number of aryl methyl sites for hydroxylation is 1. The molecule has 5 heteroatoms. The molecule has 0 fully saturated rings. The van der Waals surface area contributed by atoms with Crippen LogP contribution < -0.4 is 11.1 Å². The molecule has 1 aromatic carbocycles. The molecule has 102 valence electrons. The Kier molecular flexibility index (Phi) is 4.50. The van der Waals surface area contributed by atoms with Gasteiger partial charge in [0.2, 0.25) is 5.91 Å². The van der Waals surface area contributed by atoms with Crippen LogP contribution in [0.4, 0.5) is 5.69 Å². The Balaban J connectivity index is 2.02. The summed E-state index contributed by atoms with van der Waals surface area (Å²) in [6.45, 7) is 4.05. The van der Waals surface area contributed by atoms with Crippen molar-refractivity contribution >= 4 is 33.1 Å². The van der Waals surface area contributed by atoms with E-state index in [1.54, 1.807) is 11.3 Å². The molecule has 2 rings (SSSR count). The van der Waals surface area contributed by atoms with E-state index in [2.05, 4.69) is 17.2 Å². The zero-order valence-corrected chi connectivity index (χ0v) is 12.1. The molecule has 1 amide bonds. The van der Waals surface area contributed by atoms with Crippen molar-refractivity contribution in [1.29, 1.82) is 0 Å². The lowest BCUT2D eigenvalue weighted by Gasteiger charge is -2.10. The van der Waals surface area contributed by atoms with Gasteiger partial charge in [-0.3, -0.25) is 4.79 Å². The number of thiazole rings is 1. The molecule has 19 heavy (non-hydrogen) atoms. The maximum Gasteiger partial charge on any atom is 0.225 e. The fraction of sp³-hybridized carbons (Fsp3) is 0.429.